The molecule has 0 unspecified atom stereocenters. The predicted octanol–water partition coefficient (Wildman–Crippen LogP) is 4.89. The van der Waals surface area contributed by atoms with Gasteiger partial charge in [-0.1, -0.05) is 24.3 Å². The molecule has 0 saturated carbocycles. The number of ether oxygens (including phenoxy) is 5. The van der Waals surface area contributed by atoms with Crippen LogP contribution in [0.4, 0.5) is 0 Å². The summed E-state index contributed by atoms with van der Waals surface area (Å²) in [6.45, 7) is 7.13. The van der Waals surface area contributed by atoms with Gasteiger partial charge < -0.3 is 23.7 Å². The van der Waals surface area contributed by atoms with Crippen LogP contribution in [0.1, 0.15) is 17.0 Å². The van der Waals surface area contributed by atoms with Gasteiger partial charge >= 0.3 is 5.97 Å². The second-order valence-electron chi connectivity index (χ2n) is 6.71. The molecule has 1 aromatic heterocycles. The van der Waals surface area contributed by atoms with Gasteiger partial charge in [0, 0.05) is 6.07 Å². The average molecular weight is 436 g/mol. The molecule has 0 bridgehead atoms. The van der Waals surface area contributed by atoms with E-state index in [0.717, 1.165) is 11.3 Å². The van der Waals surface area contributed by atoms with Gasteiger partial charge in [-0.15, -0.1) is 0 Å². The van der Waals surface area contributed by atoms with E-state index in [9.17, 15) is 4.79 Å². The summed E-state index contributed by atoms with van der Waals surface area (Å²) >= 11 is 0. The van der Waals surface area contributed by atoms with E-state index < -0.39 is 5.97 Å². The molecule has 1 heterocycles. The molecule has 8 nitrogen and oxygen atoms in total. The number of rotatable bonds is 9. The van der Waals surface area contributed by atoms with Crippen molar-refractivity contribution in [3.8, 4) is 29.0 Å². The van der Waals surface area contributed by atoms with Gasteiger partial charge in [-0.25, -0.2) is 4.79 Å². The minimum absolute atomic E-state index is 0.105. The van der Waals surface area contributed by atoms with Crippen LogP contribution in [0.15, 0.2) is 60.9 Å². The van der Waals surface area contributed by atoms with Crippen molar-refractivity contribution in [2.75, 3.05) is 14.2 Å². The zero-order chi connectivity index (χ0) is 23.1. The Morgan fingerprint density at radius 3 is 2.31 bits per heavy atom. The zero-order valence-corrected chi connectivity index (χ0v) is 18.4. The fourth-order valence-electron chi connectivity index (χ4n) is 2.76. The molecular formula is C24H24N2O6. The molecule has 32 heavy (non-hydrogen) atoms. The van der Waals surface area contributed by atoms with E-state index in [1.165, 1.54) is 14.2 Å². The highest BCUT2D eigenvalue weighted by molar-refractivity contribution is 5.85. The maximum atomic E-state index is 11.6. The second-order valence-corrected chi connectivity index (χ2v) is 6.71. The van der Waals surface area contributed by atoms with E-state index in [1.807, 2.05) is 43.3 Å². The molecule has 0 saturated heterocycles. The first kappa shape index (κ1) is 22.6. The molecule has 0 N–H and O–H groups in total. The lowest BCUT2D eigenvalue weighted by atomic mass is 10.2. The number of hydrogen-bond acceptors (Lipinski definition) is 8. The first-order chi connectivity index (χ1) is 15.4. The van der Waals surface area contributed by atoms with Crippen LogP contribution in [0.2, 0.25) is 0 Å². The number of benzene rings is 2. The molecule has 3 aromatic rings. The van der Waals surface area contributed by atoms with Crippen LogP contribution in [0.5, 0.6) is 29.0 Å². The van der Waals surface area contributed by atoms with Crippen molar-refractivity contribution in [3.05, 3.63) is 77.8 Å². The number of methoxy groups -OCH3 is 2. The van der Waals surface area contributed by atoms with Crippen molar-refractivity contribution in [2.24, 2.45) is 0 Å². The topological polar surface area (TPSA) is 89.0 Å². The molecule has 0 radical (unpaired) electrons. The highest BCUT2D eigenvalue weighted by Gasteiger charge is 2.19. The number of nitrogens with zero attached hydrogens (tertiary/aromatic N) is 2. The molecule has 0 spiro atoms. The Kier molecular flexibility index (Phi) is 7.28. The standard InChI is InChI=1S/C24H24N2O6/c1-15-9-6-7-12-21(15)31-18-10-8-11-19(13-18)32-23-20(14-30-16(2)24(27)29-5)22(28-4)25-17(3)26-23/h6-13H,2,14H2,1,3-5H3. The van der Waals surface area contributed by atoms with E-state index in [2.05, 4.69) is 21.3 Å². The van der Waals surface area contributed by atoms with Crippen molar-refractivity contribution in [2.45, 2.75) is 20.5 Å². The van der Waals surface area contributed by atoms with Crippen molar-refractivity contribution in [3.63, 3.8) is 0 Å². The lowest BCUT2D eigenvalue weighted by molar-refractivity contribution is -0.140. The van der Waals surface area contributed by atoms with E-state index in [1.54, 1.807) is 19.1 Å². The first-order valence-corrected chi connectivity index (χ1v) is 9.74. The number of carbonyl (C=O) groups excluding carboxylic acids is 1. The lowest BCUT2D eigenvalue weighted by Crippen LogP contribution is -2.09. The van der Waals surface area contributed by atoms with Crippen LogP contribution in [-0.2, 0) is 20.9 Å². The highest BCUT2D eigenvalue weighted by atomic mass is 16.6. The van der Waals surface area contributed by atoms with Gasteiger partial charge in [0.25, 0.3) is 0 Å². The summed E-state index contributed by atoms with van der Waals surface area (Å²) in [4.78, 5) is 20.2. The fraction of sp³-hybridized carbons (Fsp3) is 0.208. The third-order valence-corrected chi connectivity index (χ3v) is 4.38. The number of carbonyl (C=O) groups is 1. The fourth-order valence-corrected chi connectivity index (χ4v) is 2.76. The third-order valence-electron chi connectivity index (χ3n) is 4.38. The van der Waals surface area contributed by atoms with Crippen molar-refractivity contribution < 1.29 is 28.5 Å². The summed E-state index contributed by atoms with van der Waals surface area (Å²) < 4.78 is 27.4. The smallest absolute Gasteiger partial charge is 0.372 e. The lowest BCUT2D eigenvalue weighted by Gasteiger charge is -2.15. The molecule has 3 rings (SSSR count). The van der Waals surface area contributed by atoms with Crippen LogP contribution in [0, 0.1) is 13.8 Å². The summed E-state index contributed by atoms with van der Waals surface area (Å²) in [5.74, 6) is 1.93. The third kappa shape index (κ3) is 5.54. The zero-order valence-electron chi connectivity index (χ0n) is 18.4. The Morgan fingerprint density at radius 2 is 1.62 bits per heavy atom. The summed E-state index contributed by atoms with van der Waals surface area (Å²) in [6, 6.07) is 14.9. The van der Waals surface area contributed by atoms with Gasteiger partial charge in [0.05, 0.1) is 14.2 Å². The molecule has 0 fully saturated rings. The van der Waals surface area contributed by atoms with Gasteiger partial charge in [0.2, 0.25) is 11.8 Å². The summed E-state index contributed by atoms with van der Waals surface area (Å²) in [6.07, 6.45) is 0. The van der Waals surface area contributed by atoms with E-state index in [4.69, 9.17) is 18.9 Å². The van der Waals surface area contributed by atoms with Gasteiger partial charge in [-0.3, -0.25) is 0 Å². The molecule has 8 heteroatoms. The summed E-state index contributed by atoms with van der Waals surface area (Å²) in [5.41, 5.74) is 1.42. The molecule has 0 amide bonds. The Balaban J connectivity index is 1.86. The molecule has 0 aliphatic carbocycles. The SMILES string of the molecule is C=C(OCc1c(OC)nc(C)nc1Oc1cccc(Oc2ccccc2C)c1)C(=O)OC. The van der Waals surface area contributed by atoms with Crippen LogP contribution < -0.4 is 14.2 Å². The van der Waals surface area contributed by atoms with Crippen molar-refractivity contribution >= 4 is 5.97 Å². The van der Waals surface area contributed by atoms with Crippen LogP contribution in [0.25, 0.3) is 0 Å². The van der Waals surface area contributed by atoms with Gasteiger partial charge in [0.15, 0.2) is 5.76 Å². The first-order valence-electron chi connectivity index (χ1n) is 9.74. The normalized spacial score (nSPS) is 10.2. The average Bonchev–Trinajstić information content (AvgIpc) is 2.79. The molecular weight excluding hydrogens is 412 g/mol. The minimum Gasteiger partial charge on any atom is -0.482 e. The maximum Gasteiger partial charge on any atom is 0.372 e. The molecule has 2 aromatic carbocycles. The quantitative estimate of drug-likeness (QED) is 0.266. The summed E-state index contributed by atoms with van der Waals surface area (Å²) in [7, 11) is 2.72. The van der Waals surface area contributed by atoms with Crippen LogP contribution in [-0.4, -0.2) is 30.2 Å². The largest absolute Gasteiger partial charge is 0.482 e. The molecule has 166 valence electrons. The number of aryl methyl sites for hydroxylation is 2. The van der Waals surface area contributed by atoms with E-state index in [0.29, 0.717) is 22.9 Å². The highest BCUT2D eigenvalue weighted by Crippen LogP contribution is 2.33. The van der Waals surface area contributed by atoms with E-state index >= 15 is 0 Å². The monoisotopic (exact) mass is 436 g/mol. The van der Waals surface area contributed by atoms with Crippen LogP contribution in [0.3, 0.4) is 0 Å². The van der Waals surface area contributed by atoms with Crippen molar-refractivity contribution in [1.82, 2.24) is 9.97 Å². The Bertz CT molecular complexity index is 1130. The van der Waals surface area contributed by atoms with E-state index in [-0.39, 0.29) is 24.1 Å². The number of hydrogen-bond donors (Lipinski definition) is 0. The Morgan fingerprint density at radius 1 is 0.938 bits per heavy atom. The van der Waals surface area contributed by atoms with Gasteiger partial charge in [0.1, 0.15) is 35.2 Å². The molecule has 0 aliphatic heterocycles. The number of aromatic nitrogens is 2. The second kappa shape index (κ2) is 10.3. The molecule has 0 aliphatic rings. The number of esters is 1. The Labute approximate surface area is 186 Å². The van der Waals surface area contributed by atoms with Crippen molar-refractivity contribution in [1.29, 1.82) is 0 Å². The molecule has 0 atom stereocenters. The summed E-state index contributed by atoms with van der Waals surface area (Å²) in [5, 5.41) is 0. The minimum atomic E-state index is -0.680. The number of para-hydroxylation sites is 1. The van der Waals surface area contributed by atoms with Crippen LogP contribution >= 0.6 is 0 Å². The Hall–Kier alpha value is -4.07. The maximum absolute atomic E-state index is 11.6. The van der Waals surface area contributed by atoms with Gasteiger partial charge in [-0.2, -0.15) is 9.97 Å². The van der Waals surface area contributed by atoms with Gasteiger partial charge in [-0.05, 0) is 44.2 Å². The predicted molar refractivity (Wildman–Crippen MR) is 117 cm³/mol.